The van der Waals surface area contributed by atoms with Gasteiger partial charge >= 0.3 is 19.8 Å². The average molecular weight is 701 g/mol. The van der Waals surface area contributed by atoms with Gasteiger partial charge in [0.25, 0.3) is 0 Å². The van der Waals surface area contributed by atoms with Crippen LogP contribution in [0.3, 0.4) is 0 Å². The fourth-order valence-electron chi connectivity index (χ4n) is 5.36. The van der Waals surface area contributed by atoms with E-state index in [1.165, 1.54) is 89.9 Å². The molecule has 0 saturated heterocycles. The molecule has 0 radical (unpaired) electrons. The summed E-state index contributed by atoms with van der Waals surface area (Å²) in [6.07, 6.45) is 36.5. The quantitative estimate of drug-likeness (QED) is 0.0298. The Morgan fingerprint density at radius 1 is 0.562 bits per heavy atom. The van der Waals surface area contributed by atoms with E-state index in [0.717, 1.165) is 57.8 Å². The van der Waals surface area contributed by atoms with Gasteiger partial charge in [0.05, 0.1) is 13.2 Å². The van der Waals surface area contributed by atoms with Crippen molar-refractivity contribution in [1.29, 1.82) is 0 Å². The second kappa shape index (κ2) is 35.4. The number of carbonyl (C=O) groups is 2. The molecule has 0 aromatic carbocycles. The second-order valence-electron chi connectivity index (χ2n) is 13.0. The lowest BCUT2D eigenvalue weighted by Gasteiger charge is -2.19. The maximum atomic E-state index is 12.5. The Labute approximate surface area is 294 Å². The Kier molecular flexibility index (Phi) is 34.3. The highest BCUT2D eigenvalue weighted by Gasteiger charge is 2.25. The summed E-state index contributed by atoms with van der Waals surface area (Å²) in [5.41, 5.74) is 0. The summed E-state index contributed by atoms with van der Waals surface area (Å²) in [5.74, 6) is -0.810. The van der Waals surface area contributed by atoms with Crippen LogP contribution in [-0.4, -0.2) is 42.8 Å². The van der Waals surface area contributed by atoms with Gasteiger partial charge < -0.3 is 14.4 Å². The van der Waals surface area contributed by atoms with Gasteiger partial charge in [-0.1, -0.05) is 147 Å². The molecule has 48 heavy (non-hydrogen) atoms. The van der Waals surface area contributed by atoms with Crippen molar-refractivity contribution in [3.05, 3.63) is 24.3 Å². The van der Waals surface area contributed by atoms with Crippen LogP contribution >= 0.6 is 7.82 Å². The average Bonchev–Trinajstić information content (AvgIpc) is 3.06. The van der Waals surface area contributed by atoms with Gasteiger partial charge in [0.1, 0.15) is 6.61 Å². The number of hydrogen-bond acceptors (Lipinski definition) is 7. The molecular weight excluding hydrogens is 627 g/mol. The van der Waals surface area contributed by atoms with Gasteiger partial charge in [-0.2, -0.15) is 0 Å². The minimum atomic E-state index is -4.27. The maximum absolute atomic E-state index is 12.5. The van der Waals surface area contributed by atoms with Gasteiger partial charge in [-0.3, -0.25) is 18.6 Å². The van der Waals surface area contributed by atoms with Crippen molar-refractivity contribution in [1.82, 2.24) is 0 Å². The zero-order chi connectivity index (χ0) is 35.4. The zero-order valence-corrected chi connectivity index (χ0v) is 32.0. The molecule has 8 nitrogen and oxygen atoms in total. The molecule has 0 saturated carbocycles. The Bertz CT molecular complexity index is 844. The molecule has 0 aliphatic heterocycles. The molecule has 0 heterocycles. The smallest absolute Gasteiger partial charge is 0.462 e. The number of unbranched alkanes of at least 4 members (excludes halogenated alkanes) is 20. The normalized spacial score (nSPS) is 13.7. The molecule has 0 aliphatic carbocycles. The second-order valence-corrected chi connectivity index (χ2v) is 14.4. The first-order valence-electron chi connectivity index (χ1n) is 19.6. The third-order valence-corrected chi connectivity index (χ3v) is 9.32. The third-order valence-electron chi connectivity index (χ3n) is 8.26. The topological polar surface area (TPSA) is 108 Å². The van der Waals surface area contributed by atoms with Crippen LogP contribution in [0.5, 0.6) is 0 Å². The summed E-state index contributed by atoms with van der Waals surface area (Å²) in [6, 6.07) is 0. The van der Waals surface area contributed by atoms with E-state index >= 15 is 0 Å². The number of phosphoric ester groups is 1. The van der Waals surface area contributed by atoms with Crippen molar-refractivity contribution in [2.45, 2.75) is 194 Å². The van der Waals surface area contributed by atoms with Crippen LogP contribution in [0.15, 0.2) is 24.3 Å². The predicted octanol–water partition coefficient (Wildman–Crippen LogP) is 11.9. The van der Waals surface area contributed by atoms with Gasteiger partial charge in [0.15, 0.2) is 6.10 Å². The molecular formula is C39H73O8P. The molecule has 9 heteroatoms. The van der Waals surface area contributed by atoms with Crippen molar-refractivity contribution < 1.29 is 37.6 Å². The molecule has 0 amide bonds. The zero-order valence-electron chi connectivity index (χ0n) is 31.1. The standard InChI is InChI=1S/C39H73O8P/c1-4-7-9-11-13-15-17-19-20-21-22-24-26-28-30-32-34-39(41)47-37(36-46-48(42,43)45-6-3)35-44-38(40)33-31-29-27-25-23-18-16-14-12-10-8-5-2/h15,17,20-21,37H,4-14,16,18-19,22-36H2,1-3H3,(H,42,43)/b17-15-,21-20-. The minimum Gasteiger partial charge on any atom is -0.462 e. The minimum absolute atomic E-state index is 0.000842. The largest absolute Gasteiger partial charge is 0.472 e. The molecule has 0 aliphatic rings. The Morgan fingerprint density at radius 2 is 1.00 bits per heavy atom. The molecule has 2 atom stereocenters. The van der Waals surface area contributed by atoms with E-state index in [1.54, 1.807) is 6.92 Å². The summed E-state index contributed by atoms with van der Waals surface area (Å²) in [6.45, 7) is 5.43. The van der Waals surface area contributed by atoms with Gasteiger partial charge in [0.2, 0.25) is 0 Å². The molecule has 282 valence electrons. The van der Waals surface area contributed by atoms with Crippen LogP contribution in [0.1, 0.15) is 188 Å². The molecule has 0 rings (SSSR count). The van der Waals surface area contributed by atoms with Gasteiger partial charge in [0, 0.05) is 12.8 Å². The molecule has 2 unspecified atom stereocenters. The summed E-state index contributed by atoms with van der Waals surface area (Å²) >= 11 is 0. The van der Waals surface area contributed by atoms with Crippen LogP contribution in [0.4, 0.5) is 0 Å². The Morgan fingerprint density at radius 3 is 1.50 bits per heavy atom. The summed E-state index contributed by atoms with van der Waals surface area (Å²) < 4.78 is 32.5. The fraction of sp³-hybridized carbons (Fsp3) is 0.846. The van der Waals surface area contributed by atoms with E-state index in [2.05, 4.69) is 38.2 Å². The third kappa shape index (κ3) is 34.4. The fourth-order valence-corrected chi connectivity index (χ4v) is 6.12. The lowest BCUT2D eigenvalue weighted by atomic mass is 10.0. The number of allylic oxidation sites excluding steroid dienone is 4. The molecule has 0 spiro atoms. The highest BCUT2D eigenvalue weighted by molar-refractivity contribution is 7.47. The summed E-state index contributed by atoms with van der Waals surface area (Å²) in [5, 5.41) is 0. The van der Waals surface area contributed by atoms with Gasteiger partial charge in [-0.05, 0) is 51.9 Å². The number of carbonyl (C=O) groups excluding carboxylic acids is 2. The first kappa shape index (κ1) is 46.5. The monoisotopic (exact) mass is 701 g/mol. The van der Waals surface area contributed by atoms with E-state index in [9.17, 15) is 19.0 Å². The predicted molar refractivity (Wildman–Crippen MR) is 198 cm³/mol. The van der Waals surface area contributed by atoms with Crippen molar-refractivity contribution in [3.63, 3.8) is 0 Å². The number of esters is 2. The summed E-state index contributed by atoms with van der Waals surface area (Å²) in [7, 11) is -4.27. The van der Waals surface area contributed by atoms with Crippen molar-refractivity contribution >= 4 is 19.8 Å². The maximum Gasteiger partial charge on any atom is 0.472 e. The number of phosphoric acid groups is 1. The van der Waals surface area contributed by atoms with E-state index in [4.69, 9.17) is 18.5 Å². The highest BCUT2D eigenvalue weighted by atomic mass is 31.2. The van der Waals surface area contributed by atoms with Crippen LogP contribution in [0.25, 0.3) is 0 Å². The van der Waals surface area contributed by atoms with Crippen molar-refractivity contribution in [2.75, 3.05) is 19.8 Å². The number of ether oxygens (including phenoxy) is 2. The SMILES string of the molecule is CCCCCC/C=C\C/C=C\CCCCCCCC(=O)OC(COC(=O)CCCCCCCCCCCCCC)COP(=O)(O)OCC. The van der Waals surface area contributed by atoms with E-state index in [1.807, 2.05) is 0 Å². The van der Waals surface area contributed by atoms with Crippen LogP contribution in [0, 0.1) is 0 Å². The molecule has 0 fully saturated rings. The van der Waals surface area contributed by atoms with Gasteiger partial charge in [-0.15, -0.1) is 0 Å². The van der Waals surface area contributed by atoms with E-state index < -0.39 is 26.5 Å². The molecule has 0 aromatic rings. The Balaban J connectivity index is 4.16. The number of rotatable bonds is 36. The number of hydrogen-bond donors (Lipinski definition) is 1. The summed E-state index contributed by atoms with van der Waals surface area (Å²) in [4.78, 5) is 34.6. The van der Waals surface area contributed by atoms with Gasteiger partial charge in [-0.25, -0.2) is 4.57 Å². The first-order chi connectivity index (χ1) is 23.3. The lowest BCUT2D eigenvalue weighted by Crippen LogP contribution is -2.29. The molecule has 1 N–H and O–H groups in total. The Hall–Kier alpha value is -1.47. The van der Waals surface area contributed by atoms with Crippen molar-refractivity contribution in [2.24, 2.45) is 0 Å². The first-order valence-corrected chi connectivity index (χ1v) is 21.1. The molecule has 0 bridgehead atoms. The van der Waals surface area contributed by atoms with Crippen molar-refractivity contribution in [3.8, 4) is 0 Å². The van der Waals surface area contributed by atoms with Crippen LogP contribution in [-0.2, 0) is 32.7 Å². The van der Waals surface area contributed by atoms with Crippen LogP contribution < -0.4 is 0 Å². The van der Waals surface area contributed by atoms with E-state index in [0.29, 0.717) is 12.8 Å². The van der Waals surface area contributed by atoms with E-state index in [-0.39, 0.29) is 25.6 Å². The molecule has 0 aromatic heterocycles. The lowest BCUT2D eigenvalue weighted by molar-refractivity contribution is -0.161. The highest BCUT2D eigenvalue weighted by Crippen LogP contribution is 2.43. The van der Waals surface area contributed by atoms with Crippen LogP contribution in [0.2, 0.25) is 0 Å².